The summed E-state index contributed by atoms with van der Waals surface area (Å²) in [6.45, 7) is 0. The fourth-order valence-electron chi connectivity index (χ4n) is 1.05. The number of hydrogen-bond acceptors (Lipinski definition) is 2. The number of rotatable bonds is 0. The van der Waals surface area contributed by atoms with Crippen LogP contribution in [0, 0.1) is 14.9 Å². The second kappa shape index (κ2) is 2.75. The molecule has 0 aliphatic rings. The van der Waals surface area contributed by atoms with E-state index in [1.807, 2.05) is 18.3 Å². The van der Waals surface area contributed by atoms with Gasteiger partial charge in [-0.15, -0.1) is 0 Å². The molecule has 2 heterocycles. The van der Waals surface area contributed by atoms with Crippen LogP contribution >= 0.6 is 22.6 Å². The summed E-state index contributed by atoms with van der Waals surface area (Å²) in [6, 6.07) is 5.94. The van der Waals surface area contributed by atoms with Crippen LogP contribution in [0.4, 0.5) is 0 Å². The zero-order valence-corrected chi connectivity index (χ0v) is 8.19. The van der Waals surface area contributed by atoms with E-state index in [-0.39, 0.29) is 0 Å². The average molecular weight is 269 g/mol. The summed E-state index contributed by atoms with van der Waals surface area (Å²) in [4.78, 5) is 0. The van der Waals surface area contributed by atoms with Crippen molar-refractivity contribution in [1.29, 1.82) is 5.26 Å². The van der Waals surface area contributed by atoms with Gasteiger partial charge in [-0.1, -0.05) is 0 Å². The Bertz CT molecular complexity index is 467. The smallest absolute Gasteiger partial charge is 0.103 e. The predicted octanol–water partition coefficient (Wildman–Crippen LogP) is 1.81. The normalized spacial score (nSPS) is 10.0. The minimum atomic E-state index is 0.617. The fourth-order valence-corrected chi connectivity index (χ4v) is 1.49. The van der Waals surface area contributed by atoms with Gasteiger partial charge in [-0.3, -0.25) is 0 Å². The van der Waals surface area contributed by atoms with Crippen molar-refractivity contribution in [2.24, 2.45) is 0 Å². The van der Waals surface area contributed by atoms with Crippen molar-refractivity contribution in [2.75, 3.05) is 0 Å². The summed E-state index contributed by atoms with van der Waals surface area (Å²) in [5.41, 5.74) is 1.48. The maximum Gasteiger partial charge on any atom is 0.103 e. The van der Waals surface area contributed by atoms with Gasteiger partial charge in [-0.25, -0.2) is 4.52 Å². The lowest BCUT2D eigenvalue weighted by Gasteiger charge is -1.92. The molecule has 12 heavy (non-hydrogen) atoms. The van der Waals surface area contributed by atoms with Crippen LogP contribution in [0.2, 0.25) is 0 Å². The van der Waals surface area contributed by atoms with Gasteiger partial charge in [-0.05, 0) is 34.7 Å². The SMILES string of the molecule is N#Cc1cnn2cc(I)ccc12. The van der Waals surface area contributed by atoms with Gasteiger partial charge in [0.15, 0.2) is 0 Å². The number of nitriles is 1. The summed E-state index contributed by atoms with van der Waals surface area (Å²) < 4.78 is 2.81. The Morgan fingerprint density at radius 2 is 2.33 bits per heavy atom. The largest absolute Gasteiger partial charge is 0.239 e. The molecule has 58 valence electrons. The Morgan fingerprint density at radius 1 is 1.50 bits per heavy atom. The zero-order valence-electron chi connectivity index (χ0n) is 6.03. The number of aromatic nitrogens is 2. The van der Waals surface area contributed by atoms with Crippen LogP contribution in [0.1, 0.15) is 5.56 Å². The van der Waals surface area contributed by atoms with Crippen molar-refractivity contribution in [2.45, 2.75) is 0 Å². The molecule has 2 aromatic rings. The molecule has 0 aliphatic carbocycles. The van der Waals surface area contributed by atoms with E-state index in [1.165, 1.54) is 0 Å². The number of pyridine rings is 1. The molecule has 0 saturated carbocycles. The molecular formula is C8H4IN3. The molecule has 2 aromatic heterocycles. The van der Waals surface area contributed by atoms with Crippen molar-refractivity contribution in [1.82, 2.24) is 9.61 Å². The average Bonchev–Trinajstić information content (AvgIpc) is 2.46. The van der Waals surface area contributed by atoms with E-state index >= 15 is 0 Å². The van der Waals surface area contributed by atoms with Crippen molar-refractivity contribution < 1.29 is 0 Å². The van der Waals surface area contributed by atoms with E-state index in [2.05, 4.69) is 33.8 Å². The van der Waals surface area contributed by atoms with Crippen LogP contribution in [-0.4, -0.2) is 9.61 Å². The molecule has 2 rings (SSSR count). The highest BCUT2D eigenvalue weighted by atomic mass is 127. The first-order valence-electron chi connectivity index (χ1n) is 3.34. The van der Waals surface area contributed by atoms with E-state index < -0.39 is 0 Å². The fraction of sp³-hybridized carbons (Fsp3) is 0. The highest BCUT2D eigenvalue weighted by Crippen LogP contribution is 2.11. The van der Waals surface area contributed by atoms with Crippen LogP contribution in [-0.2, 0) is 0 Å². The first-order valence-corrected chi connectivity index (χ1v) is 4.42. The molecule has 0 fully saturated rings. The molecule has 0 radical (unpaired) electrons. The summed E-state index contributed by atoms with van der Waals surface area (Å²) in [6.07, 6.45) is 3.46. The highest BCUT2D eigenvalue weighted by Gasteiger charge is 2.01. The van der Waals surface area contributed by atoms with Gasteiger partial charge in [0.05, 0.1) is 17.3 Å². The van der Waals surface area contributed by atoms with Crippen molar-refractivity contribution in [3.63, 3.8) is 0 Å². The predicted molar refractivity (Wildman–Crippen MR) is 52.6 cm³/mol. The van der Waals surface area contributed by atoms with Crippen LogP contribution in [0.15, 0.2) is 24.5 Å². The number of nitrogens with zero attached hydrogens (tertiary/aromatic N) is 3. The standard InChI is InChI=1S/C8H4IN3/c9-7-1-2-8-6(3-10)4-11-12(8)5-7/h1-2,4-5H. The van der Waals surface area contributed by atoms with Gasteiger partial charge in [0.1, 0.15) is 6.07 Å². The molecule has 0 spiro atoms. The van der Waals surface area contributed by atoms with Crippen LogP contribution in [0.5, 0.6) is 0 Å². The Balaban J connectivity index is 2.84. The topological polar surface area (TPSA) is 41.1 Å². The lowest BCUT2D eigenvalue weighted by molar-refractivity contribution is 0.956. The zero-order chi connectivity index (χ0) is 8.55. The molecule has 0 atom stereocenters. The number of fused-ring (bicyclic) bond motifs is 1. The monoisotopic (exact) mass is 269 g/mol. The number of halogens is 1. The minimum absolute atomic E-state index is 0.617. The Morgan fingerprint density at radius 3 is 3.08 bits per heavy atom. The Kier molecular flexibility index (Phi) is 1.73. The van der Waals surface area contributed by atoms with E-state index in [4.69, 9.17) is 5.26 Å². The van der Waals surface area contributed by atoms with E-state index in [1.54, 1.807) is 10.7 Å². The maximum absolute atomic E-state index is 8.69. The molecule has 4 heteroatoms. The second-order valence-corrected chi connectivity index (χ2v) is 3.59. The third kappa shape index (κ3) is 1.06. The third-order valence-electron chi connectivity index (χ3n) is 1.60. The van der Waals surface area contributed by atoms with E-state index in [9.17, 15) is 0 Å². The molecule has 0 amide bonds. The van der Waals surface area contributed by atoms with Crippen molar-refractivity contribution in [3.05, 3.63) is 33.7 Å². The lowest BCUT2D eigenvalue weighted by atomic mass is 10.3. The van der Waals surface area contributed by atoms with Crippen LogP contribution < -0.4 is 0 Å². The summed E-state index contributed by atoms with van der Waals surface area (Å²) in [7, 11) is 0. The quantitative estimate of drug-likeness (QED) is 0.684. The molecule has 0 saturated heterocycles. The molecule has 3 nitrogen and oxygen atoms in total. The highest BCUT2D eigenvalue weighted by molar-refractivity contribution is 14.1. The summed E-state index contributed by atoms with van der Waals surface area (Å²) >= 11 is 2.21. The van der Waals surface area contributed by atoms with E-state index in [0.717, 1.165) is 9.09 Å². The van der Waals surface area contributed by atoms with Gasteiger partial charge in [0.25, 0.3) is 0 Å². The summed E-state index contributed by atoms with van der Waals surface area (Å²) in [5, 5.41) is 12.7. The first kappa shape index (κ1) is 7.55. The van der Waals surface area contributed by atoms with Gasteiger partial charge < -0.3 is 0 Å². The first-order chi connectivity index (χ1) is 5.81. The molecule has 0 N–H and O–H groups in total. The summed E-state index contributed by atoms with van der Waals surface area (Å²) in [5.74, 6) is 0. The Hall–Kier alpha value is -1.09. The second-order valence-electron chi connectivity index (χ2n) is 2.35. The minimum Gasteiger partial charge on any atom is -0.239 e. The van der Waals surface area contributed by atoms with Crippen LogP contribution in [0.25, 0.3) is 5.52 Å². The number of hydrogen-bond donors (Lipinski definition) is 0. The third-order valence-corrected chi connectivity index (χ3v) is 2.24. The van der Waals surface area contributed by atoms with Crippen molar-refractivity contribution >= 4 is 28.1 Å². The molecule has 0 unspecified atom stereocenters. The van der Waals surface area contributed by atoms with Crippen molar-refractivity contribution in [3.8, 4) is 6.07 Å². The van der Waals surface area contributed by atoms with Gasteiger partial charge in [0.2, 0.25) is 0 Å². The lowest BCUT2D eigenvalue weighted by Crippen LogP contribution is -1.86. The van der Waals surface area contributed by atoms with Gasteiger partial charge >= 0.3 is 0 Å². The van der Waals surface area contributed by atoms with E-state index in [0.29, 0.717) is 5.56 Å². The van der Waals surface area contributed by atoms with Gasteiger partial charge in [0, 0.05) is 9.77 Å². The molecule has 0 aliphatic heterocycles. The molecular weight excluding hydrogens is 265 g/mol. The maximum atomic E-state index is 8.69. The van der Waals surface area contributed by atoms with Crippen LogP contribution in [0.3, 0.4) is 0 Å². The molecule has 0 bridgehead atoms. The molecule has 0 aromatic carbocycles. The van der Waals surface area contributed by atoms with Gasteiger partial charge in [-0.2, -0.15) is 10.4 Å². The Labute approximate surface area is 82.8 Å².